The fourth-order valence-corrected chi connectivity index (χ4v) is 4.59. The van der Waals surface area contributed by atoms with Gasteiger partial charge in [-0.2, -0.15) is 0 Å². The Bertz CT molecular complexity index is 1010. The number of carbonyl (C=O) groups is 1. The smallest absolute Gasteiger partial charge is 0.339 e. The minimum absolute atomic E-state index is 0.0682. The van der Waals surface area contributed by atoms with Crippen LogP contribution in [0.4, 0.5) is 0 Å². The lowest BCUT2D eigenvalue weighted by molar-refractivity contribution is 0.0463. The van der Waals surface area contributed by atoms with E-state index in [1.165, 1.54) is 6.26 Å². The Morgan fingerprint density at radius 1 is 1.19 bits per heavy atom. The van der Waals surface area contributed by atoms with E-state index in [4.69, 9.17) is 9.15 Å². The molecule has 136 valence electrons. The van der Waals surface area contributed by atoms with E-state index in [9.17, 15) is 4.79 Å². The number of benzene rings is 1. The molecule has 5 nitrogen and oxygen atoms in total. The van der Waals surface area contributed by atoms with E-state index in [0.29, 0.717) is 22.9 Å². The number of thiazole rings is 1. The number of thioether (sulfide) groups is 1. The largest absolute Gasteiger partial charge is 0.455 e. The van der Waals surface area contributed by atoms with Crippen molar-refractivity contribution in [2.45, 2.75) is 17.3 Å². The molecule has 0 aliphatic rings. The van der Waals surface area contributed by atoms with Gasteiger partial charge in [0.15, 0.2) is 0 Å². The van der Waals surface area contributed by atoms with Crippen molar-refractivity contribution >= 4 is 40.4 Å². The minimum Gasteiger partial charge on any atom is -0.455 e. The van der Waals surface area contributed by atoms with Crippen LogP contribution in [0.15, 0.2) is 68.2 Å². The van der Waals surface area contributed by atoms with E-state index >= 15 is 0 Å². The van der Waals surface area contributed by atoms with Crippen LogP contribution in [0.25, 0.3) is 10.8 Å². The maximum Gasteiger partial charge on any atom is 0.339 e. The Morgan fingerprint density at radius 2 is 2.11 bits per heavy atom. The van der Waals surface area contributed by atoms with Gasteiger partial charge < -0.3 is 9.15 Å². The summed E-state index contributed by atoms with van der Waals surface area (Å²) in [6.07, 6.45) is 1.52. The predicted molar refractivity (Wildman–Crippen MR) is 107 cm³/mol. The van der Waals surface area contributed by atoms with Crippen LogP contribution in [0.3, 0.4) is 0 Å². The SMILES string of the molecule is O=C(OCc1coc(-c2cccs2)n1)c1ccccc1SCc1cscn1. The lowest BCUT2D eigenvalue weighted by Crippen LogP contribution is -2.07. The molecule has 27 heavy (non-hydrogen) atoms. The summed E-state index contributed by atoms with van der Waals surface area (Å²) in [6.45, 7) is 0.0682. The van der Waals surface area contributed by atoms with Crippen LogP contribution in [0.5, 0.6) is 0 Å². The van der Waals surface area contributed by atoms with Crippen molar-refractivity contribution in [3.05, 3.63) is 75.9 Å². The van der Waals surface area contributed by atoms with E-state index in [-0.39, 0.29) is 12.6 Å². The van der Waals surface area contributed by atoms with Crippen LogP contribution in [-0.4, -0.2) is 15.9 Å². The first-order chi connectivity index (χ1) is 13.3. The number of ether oxygens (including phenoxy) is 1. The Morgan fingerprint density at radius 3 is 2.93 bits per heavy atom. The first-order valence-electron chi connectivity index (χ1n) is 8.04. The third kappa shape index (κ3) is 4.47. The molecule has 0 spiro atoms. The minimum atomic E-state index is -0.378. The van der Waals surface area contributed by atoms with Crippen molar-refractivity contribution in [1.29, 1.82) is 0 Å². The van der Waals surface area contributed by atoms with Gasteiger partial charge in [-0.1, -0.05) is 18.2 Å². The number of hydrogen-bond donors (Lipinski definition) is 0. The van der Waals surface area contributed by atoms with E-state index in [2.05, 4.69) is 9.97 Å². The number of hydrogen-bond acceptors (Lipinski definition) is 8. The molecule has 0 N–H and O–H groups in total. The standard InChI is InChI=1S/C19H14N2O3S3/c22-19(24-9-13-8-23-18(21-13)17-6-3-7-26-17)15-4-1-2-5-16(15)27-11-14-10-25-12-20-14/h1-8,10,12H,9,11H2. The van der Waals surface area contributed by atoms with Gasteiger partial charge in [0.1, 0.15) is 18.6 Å². The number of rotatable bonds is 7. The average Bonchev–Trinajstić information content (AvgIpc) is 3.47. The molecule has 0 amide bonds. The quantitative estimate of drug-likeness (QED) is 0.293. The van der Waals surface area contributed by atoms with Gasteiger partial charge >= 0.3 is 5.97 Å². The summed E-state index contributed by atoms with van der Waals surface area (Å²) >= 11 is 4.67. The summed E-state index contributed by atoms with van der Waals surface area (Å²) in [6, 6.07) is 11.3. The van der Waals surface area contributed by atoms with E-state index in [1.54, 1.807) is 46.0 Å². The fourth-order valence-electron chi connectivity index (χ4n) is 2.33. The van der Waals surface area contributed by atoms with Gasteiger partial charge in [-0.3, -0.25) is 0 Å². The molecule has 0 saturated heterocycles. The summed E-state index contributed by atoms with van der Waals surface area (Å²) in [7, 11) is 0. The van der Waals surface area contributed by atoms with Gasteiger partial charge in [-0.15, -0.1) is 34.4 Å². The number of aromatic nitrogens is 2. The molecule has 0 unspecified atom stereocenters. The molecule has 0 aliphatic carbocycles. The van der Waals surface area contributed by atoms with Crippen LogP contribution >= 0.6 is 34.4 Å². The summed E-state index contributed by atoms with van der Waals surface area (Å²) in [5.41, 5.74) is 3.93. The maximum absolute atomic E-state index is 12.5. The molecule has 0 bridgehead atoms. The third-order valence-electron chi connectivity index (χ3n) is 3.60. The highest BCUT2D eigenvalue weighted by Crippen LogP contribution is 2.27. The molecule has 8 heteroatoms. The number of nitrogens with zero attached hydrogens (tertiary/aromatic N) is 2. The van der Waals surface area contributed by atoms with Crippen LogP contribution in [0.1, 0.15) is 21.7 Å². The lowest BCUT2D eigenvalue weighted by atomic mass is 10.2. The Kier molecular flexibility index (Phi) is 5.66. The van der Waals surface area contributed by atoms with E-state index < -0.39 is 0 Å². The van der Waals surface area contributed by atoms with Gasteiger partial charge in [-0.05, 0) is 23.6 Å². The molecule has 0 radical (unpaired) electrons. The third-order valence-corrected chi connectivity index (χ3v) is 6.20. The second-order valence-electron chi connectivity index (χ2n) is 5.46. The van der Waals surface area contributed by atoms with E-state index in [1.807, 2.05) is 41.1 Å². The Hall–Kier alpha value is -2.42. The molecule has 1 aromatic carbocycles. The van der Waals surface area contributed by atoms with Gasteiger partial charge in [0.25, 0.3) is 0 Å². The molecule has 0 aliphatic heterocycles. The first-order valence-corrected chi connectivity index (χ1v) is 10.8. The van der Waals surface area contributed by atoms with Crippen LogP contribution in [0, 0.1) is 0 Å². The zero-order valence-electron chi connectivity index (χ0n) is 14.0. The van der Waals surface area contributed by atoms with Crippen molar-refractivity contribution in [2.24, 2.45) is 0 Å². The van der Waals surface area contributed by atoms with Gasteiger partial charge in [0, 0.05) is 16.0 Å². The monoisotopic (exact) mass is 414 g/mol. The molecule has 0 fully saturated rings. The van der Waals surface area contributed by atoms with Crippen molar-refractivity contribution in [1.82, 2.24) is 9.97 Å². The van der Waals surface area contributed by atoms with Gasteiger partial charge in [-0.25, -0.2) is 14.8 Å². The molecule has 0 atom stereocenters. The van der Waals surface area contributed by atoms with Crippen LogP contribution in [0.2, 0.25) is 0 Å². The van der Waals surface area contributed by atoms with Crippen molar-refractivity contribution < 1.29 is 13.9 Å². The highest BCUT2D eigenvalue weighted by molar-refractivity contribution is 7.98. The fraction of sp³-hybridized carbons (Fsp3) is 0.105. The summed E-state index contributed by atoms with van der Waals surface area (Å²) in [4.78, 5) is 23.0. The number of esters is 1. The number of oxazole rings is 1. The summed E-state index contributed by atoms with van der Waals surface area (Å²) in [5.74, 6) is 0.869. The maximum atomic E-state index is 12.5. The topological polar surface area (TPSA) is 65.2 Å². The van der Waals surface area contributed by atoms with Crippen molar-refractivity contribution in [3.63, 3.8) is 0 Å². The predicted octanol–water partition coefficient (Wildman–Crippen LogP) is 5.51. The molecule has 0 saturated carbocycles. The van der Waals surface area contributed by atoms with Gasteiger partial charge in [0.2, 0.25) is 5.89 Å². The molecule has 3 aromatic heterocycles. The number of carbonyl (C=O) groups excluding carboxylic acids is 1. The second-order valence-corrected chi connectivity index (χ2v) is 8.15. The molecule has 3 heterocycles. The Labute approximate surface area is 168 Å². The molecular weight excluding hydrogens is 400 g/mol. The number of thiophene rings is 1. The summed E-state index contributed by atoms with van der Waals surface area (Å²) < 4.78 is 10.9. The van der Waals surface area contributed by atoms with Crippen molar-refractivity contribution in [2.75, 3.05) is 0 Å². The van der Waals surface area contributed by atoms with E-state index in [0.717, 1.165) is 15.5 Å². The summed E-state index contributed by atoms with van der Waals surface area (Å²) in [5, 5.41) is 3.96. The average molecular weight is 415 g/mol. The Balaban J connectivity index is 1.39. The second kappa shape index (κ2) is 8.51. The molecule has 4 aromatic rings. The van der Waals surface area contributed by atoms with Crippen molar-refractivity contribution in [3.8, 4) is 10.8 Å². The molecular formula is C19H14N2O3S3. The van der Waals surface area contributed by atoms with Crippen LogP contribution in [-0.2, 0) is 17.1 Å². The lowest BCUT2D eigenvalue weighted by Gasteiger charge is -2.08. The van der Waals surface area contributed by atoms with Gasteiger partial charge in [0.05, 0.1) is 21.6 Å². The van der Waals surface area contributed by atoms with Crippen LogP contribution < -0.4 is 0 Å². The molecule has 4 rings (SSSR count). The first kappa shape index (κ1) is 18.0. The zero-order valence-corrected chi connectivity index (χ0v) is 16.5. The highest BCUT2D eigenvalue weighted by atomic mass is 32.2. The normalized spacial score (nSPS) is 10.8. The zero-order chi connectivity index (χ0) is 18.5. The highest BCUT2D eigenvalue weighted by Gasteiger charge is 2.15.